The molecule has 24 heavy (non-hydrogen) atoms. The highest BCUT2D eigenvalue weighted by Crippen LogP contribution is 2.33. The van der Waals surface area contributed by atoms with Crippen molar-refractivity contribution in [1.29, 1.82) is 0 Å². The third kappa shape index (κ3) is 3.57. The molecule has 3 nitrogen and oxygen atoms in total. The molecule has 3 aromatic rings. The first kappa shape index (κ1) is 16.9. The van der Waals surface area contributed by atoms with Crippen molar-refractivity contribution in [2.75, 3.05) is 0 Å². The summed E-state index contributed by atoms with van der Waals surface area (Å²) in [5.74, 6) is 0.442. The van der Waals surface area contributed by atoms with Gasteiger partial charge >= 0.3 is 11.8 Å². The number of rotatable bonds is 3. The summed E-state index contributed by atoms with van der Waals surface area (Å²) in [6, 6.07) is 10.4. The predicted octanol–water partition coefficient (Wildman–Crippen LogP) is 5.15. The van der Waals surface area contributed by atoms with Crippen molar-refractivity contribution in [3.63, 3.8) is 0 Å². The molecule has 3 rings (SSSR count). The molecule has 0 spiro atoms. The number of alkyl halides is 3. The van der Waals surface area contributed by atoms with Crippen LogP contribution in [0.3, 0.4) is 0 Å². The monoisotopic (exact) mass is 371 g/mol. The molecule has 0 atom stereocenters. The zero-order chi connectivity index (χ0) is 17.3. The molecule has 1 aromatic heterocycles. The van der Waals surface area contributed by atoms with Crippen LogP contribution < -0.4 is 5.63 Å². The van der Waals surface area contributed by atoms with Crippen LogP contribution in [0.2, 0.25) is 5.02 Å². The molecular weight excluding hydrogens is 363 g/mol. The van der Waals surface area contributed by atoms with Crippen LogP contribution in [0.25, 0.3) is 10.9 Å². The Morgan fingerprint density at radius 2 is 1.83 bits per heavy atom. The number of halogens is 4. The number of hydrogen-bond donors (Lipinski definition) is 0. The van der Waals surface area contributed by atoms with E-state index >= 15 is 0 Å². The molecule has 0 unspecified atom stereocenters. The van der Waals surface area contributed by atoms with Crippen molar-refractivity contribution in [1.82, 2.24) is 4.98 Å². The fourth-order valence-corrected chi connectivity index (χ4v) is 3.03. The second-order valence-corrected chi connectivity index (χ2v) is 6.24. The van der Waals surface area contributed by atoms with E-state index in [1.54, 1.807) is 24.3 Å². The summed E-state index contributed by atoms with van der Waals surface area (Å²) in [5.41, 5.74) is -1.22. The fourth-order valence-electron chi connectivity index (χ4n) is 2.12. The van der Waals surface area contributed by atoms with Crippen LogP contribution in [0.1, 0.15) is 11.1 Å². The van der Waals surface area contributed by atoms with Crippen LogP contribution >= 0.6 is 23.4 Å². The van der Waals surface area contributed by atoms with Gasteiger partial charge in [0.25, 0.3) is 5.22 Å². The van der Waals surface area contributed by atoms with Crippen molar-refractivity contribution < 1.29 is 17.6 Å². The highest BCUT2D eigenvalue weighted by atomic mass is 35.5. The Bertz CT molecular complexity index is 939. The van der Waals surface area contributed by atoms with E-state index in [1.807, 2.05) is 0 Å². The standard InChI is InChI=1S/C16H9ClF3NO2S/c17-10-6-4-9(5-7-10)8-24-15-21-12-3-1-2-11(16(18,19)20)13(12)14(22)23-15/h1-7H,8H2. The Kier molecular flexibility index (Phi) is 4.56. The van der Waals surface area contributed by atoms with Crippen molar-refractivity contribution in [3.8, 4) is 0 Å². The zero-order valence-corrected chi connectivity index (χ0v) is 13.5. The largest absolute Gasteiger partial charge is 0.417 e. The number of benzene rings is 2. The van der Waals surface area contributed by atoms with Crippen molar-refractivity contribution in [2.24, 2.45) is 0 Å². The van der Waals surface area contributed by atoms with Crippen molar-refractivity contribution in [3.05, 3.63) is 69.0 Å². The van der Waals surface area contributed by atoms with E-state index in [0.717, 1.165) is 23.4 Å². The molecule has 0 aliphatic heterocycles. The smallest absolute Gasteiger partial charge is 0.397 e. The van der Waals surface area contributed by atoms with Gasteiger partial charge in [-0.2, -0.15) is 13.2 Å². The first-order valence-corrected chi connectivity index (χ1v) is 8.09. The van der Waals surface area contributed by atoms with Gasteiger partial charge in [0, 0.05) is 10.8 Å². The van der Waals surface area contributed by atoms with Gasteiger partial charge in [-0.3, -0.25) is 0 Å². The van der Waals surface area contributed by atoms with Crippen molar-refractivity contribution in [2.45, 2.75) is 17.2 Å². The van der Waals surface area contributed by atoms with Crippen LogP contribution in [-0.4, -0.2) is 4.98 Å². The highest BCUT2D eigenvalue weighted by molar-refractivity contribution is 7.98. The van der Waals surface area contributed by atoms with Gasteiger partial charge in [0.05, 0.1) is 16.5 Å². The minimum Gasteiger partial charge on any atom is -0.397 e. The second-order valence-electron chi connectivity index (χ2n) is 4.88. The Morgan fingerprint density at radius 3 is 2.50 bits per heavy atom. The summed E-state index contributed by atoms with van der Waals surface area (Å²) < 4.78 is 43.9. The molecule has 0 bridgehead atoms. The molecule has 1 heterocycles. The average molecular weight is 372 g/mol. The van der Waals surface area contributed by atoms with Gasteiger partial charge in [-0.15, -0.1) is 0 Å². The SMILES string of the molecule is O=c1oc(SCc2ccc(Cl)cc2)nc2cccc(C(F)(F)F)c12. The summed E-state index contributed by atoms with van der Waals surface area (Å²) in [6.07, 6.45) is -4.65. The van der Waals surface area contributed by atoms with E-state index < -0.39 is 22.8 Å². The van der Waals surface area contributed by atoms with E-state index in [4.69, 9.17) is 16.0 Å². The van der Waals surface area contributed by atoms with Gasteiger partial charge in [-0.1, -0.05) is 41.6 Å². The third-order valence-electron chi connectivity index (χ3n) is 3.22. The van der Waals surface area contributed by atoms with Gasteiger partial charge in [-0.25, -0.2) is 9.78 Å². The molecule has 0 N–H and O–H groups in total. The number of aromatic nitrogens is 1. The lowest BCUT2D eigenvalue weighted by Gasteiger charge is -2.09. The topological polar surface area (TPSA) is 43.1 Å². The Labute approximate surface area is 143 Å². The minimum absolute atomic E-state index is 0.0155. The summed E-state index contributed by atoms with van der Waals surface area (Å²) in [4.78, 5) is 16.0. The second kappa shape index (κ2) is 6.49. The van der Waals surface area contributed by atoms with Gasteiger partial charge in [0.2, 0.25) is 0 Å². The Hall–Kier alpha value is -1.99. The molecule has 0 radical (unpaired) electrons. The molecule has 0 aliphatic carbocycles. The maximum absolute atomic E-state index is 13.0. The molecule has 0 saturated heterocycles. The van der Waals surface area contributed by atoms with Crippen LogP contribution in [0.15, 0.2) is 56.9 Å². The molecule has 124 valence electrons. The van der Waals surface area contributed by atoms with Gasteiger partial charge in [-0.05, 0) is 29.8 Å². The highest BCUT2D eigenvalue weighted by Gasteiger charge is 2.34. The van der Waals surface area contributed by atoms with Crippen LogP contribution in [-0.2, 0) is 11.9 Å². The van der Waals surface area contributed by atoms with Gasteiger partial charge in [0.1, 0.15) is 0 Å². The van der Waals surface area contributed by atoms with Gasteiger partial charge < -0.3 is 4.42 Å². The lowest BCUT2D eigenvalue weighted by molar-refractivity contribution is -0.136. The lowest BCUT2D eigenvalue weighted by Crippen LogP contribution is -2.12. The summed E-state index contributed by atoms with van der Waals surface area (Å²) in [6.45, 7) is 0. The molecule has 0 saturated carbocycles. The van der Waals surface area contributed by atoms with Crippen molar-refractivity contribution >= 4 is 34.3 Å². The summed E-state index contributed by atoms with van der Waals surface area (Å²) in [7, 11) is 0. The Balaban J connectivity index is 1.94. The third-order valence-corrected chi connectivity index (χ3v) is 4.37. The number of thioether (sulfide) groups is 1. The molecule has 8 heteroatoms. The first-order chi connectivity index (χ1) is 11.3. The number of hydrogen-bond acceptors (Lipinski definition) is 4. The Morgan fingerprint density at radius 1 is 1.12 bits per heavy atom. The van der Waals surface area contributed by atoms with E-state index in [-0.39, 0.29) is 10.7 Å². The van der Waals surface area contributed by atoms with E-state index in [2.05, 4.69) is 4.98 Å². The van der Waals surface area contributed by atoms with Crippen LogP contribution in [0.4, 0.5) is 13.2 Å². The maximum atomic E-state index is 13.0. The predicted molar refractivity (Wildman–Crippen MR) is 86.3 cm³/mol. The van der Waals surface area contributed by atoms with Crippen LogP contribution in [0, 0.1) is 0 Å². The lowest BCUT2D eigenvalue weighted by atomic mass is 10.1. The molecular formula is C16H9ClF3NO2S. The van der Waals surface area contributed by atoms with E-state index in [0.29, 0.717) is 10.8 Å². The number of nitrogens with zero attached hydrogens (tertiary/aromatic N) is 1. The minimum atomic E-state index is -4.65. The normalized spacial score (nSPS) is 11.8. The summed E-state index contributed by atoms with van der Waals surface area (Å²) in [5, 5.41) is 0.0569. The number of fused-ring (bicyclic) bond motifs is 1. The van der Waals surface area contributed by atoms with E-state index in [9.17, 15) is 18.0 Å². The molecule has 0 amide bonds. The quantitative estimate of drug-likeness (QED) is 0.597. The van der Waals surface area contributed by atoms with E-state index in [1.165, 1.54) is 12.1 Å². The van der Waals surface area contributed by atoms with Crippen LogP contribution in [0.5, 0.6) is 0 Å². The molecule has 0 aliphatic rings. The zero-order valence-electron chi connectivity index (χ0n) is 11.9. The van der Waals surface area contributed by atoms with Gasteiger partial charge in [0.15, 0.2) is 0 Å². The maximum Gasteiger partial charge on any atom is 0.417 e. The molecule has 2 aromatic carbocycles. The molecule has 0 fully saturated rings. The average Bonchev–Trinajstić information content (AvgIpc) is 2.53. The summed E-state index contributed by atoms with van der Waals surface area (Å²) >= 11 is 6.92. The fraction of sp³-hybridized carbons (Fsp3) is 0.125. The first-order valence-electron chi connectivity index (χ1n) is 6.73.